The van der Waals surface area contributed by atoms with Crippen LogP contribution in [0.3, 0.4) is 0 Å². The molecule has 1 aromatic heterocycles. The van der Waals surface area contributed by atoms with Gasteiger partial charge in [-0.25, -0.2) is 17.7 Å². The number of hydrogen-bond donors (Lipinski definition) is 1. The average molecular weight is 301 g/mol. The maximum absolute atomic E-state index is 11.5. The summed E-state index contributed by atoms with van der Waals surface area (Å²) in [5.41, 5.74) is 0. The van der Waals surface area contributed by atoms with Crippen molar-refractivity contribution >= 4 is 10.0 Å². The Labute approximate surface area is 120 Å². The third-order valence-corrected chi connectivity index (χ3v) is 4.83. The fourth-order valence-corrected chi connectivity index (χ4v) is 3.44. The summed E-state index contributed by atoms with van der Waals surface area (Å²) >= 11 is 0. The normalized spacial score (nSPS) is 21.2. The zero-order valence-electron chi connectivity index (χ0n) is 12.1. The Morgan fingerprint density at radius 3 is 2.95 bits per heavy atom. The van der Waals surface area contributed by atoms with E-state index in [0.717, 1.165) is 38.2 Å². The Bertz CT molecular complexity index is 528. The maximum atomic E-state index is 11.5. The topological polar surface area (TPSA) is 80.1 Å². The summed E-state index contributed by atoms with van der Waals surface area (Å²) in [5.74, 6) is 1.23. The van der Waals surface area contributed by atoms with Gasteiger partial charge in [-0.15, -0.1) is 0 Å². The number of aryl methyl sites for hydroxylation is 1. The van der Waals surface area contributed by atoms with Gasteiger partial charge in [0.2, 0.25) is 10.0 Å². The Morgan fingerprint density at radius 1 is 1.50 bits per heavy atom. The van der Waals surface area contributed by atoms with Gasteiger partial charge in [-0.2, -0.15) is 5.10 Å². The number of rotatable bonds is 6. The van der Waals surface area contributed by atoms with Crippen molar-refractivity contribution in [3.63, 3.8) is 0 Å². The van der Waals surface area contributed by atoms with Gasteiger partial charge in [0.25, 0.3) is 0 Å². The molecule has 1 aliphatic rings. The van der Waals surface area contributed by atoms with E-state index in [2.05, 4.69) is 15.4 Å². The summed E-state index contributed by atoms with van der Waals surface area (Å²) < 4.78 is 26.4. The average Bonchev–Trinajstić information content (AvgIpc) is 2.80. The maximum Gasteiger partial charge on any atom is 0.211 e. The highest BCUT2D eigenvalue weighted by molar-refractivity contribution is 7.88. The minimum Gasteiger partial charge on any atom is -0.316 e. The first-order chi connectivity index (χ1) is 9.45. The molecule has 1 aromatic rings. The molecule has 0 saturated carbocycles. The second-order valence-corrected chi connectivity index (χ2v) is 7.40. The molecule has 7 nitrogen and oxygen atoms in total. The molecule has 0 spiro atoms. The lowest BCUT2D eigenvalue weighted by Crippen LogP contribution is -2.42. The van der Waals surface area contributed by atoms with Crippen molar-refractivity contribution in [1.82, 2.24) is 24.4 Å². The Kier molecular flexibility index (Phi) is 5.11. The van der Waals surface area contributed by atoms with Gasteiger partial charge in [0.05, 0.1) is 6.26 Å². The van der Waals surface area contributed by atoms with Crippen LogP contribution in [0.5, 0.6) is 0 Å². The number of nitrogens with one attached hydrogen (secondary N) is 1. The Morgan fingerprint density at radius 2 is 2.30 bits per heavy atom. The predicted octanol–water partition coefficient (Wildman–Crippen LogP) is -0.381. The molecule has 0 amide bonds. The standard InChI is InChI=1S/C12H23N5O2S/c1-16-10-14-12(15-16)5-6-13-8-11-4-3-7-17(9-11)20(2,18)19/h10-11,13H,3-9H2,1-2H3. The van der Waals surface area contributed by atoms with Crippen molar-refractivity contribution in [3.8, 4) is 0 Å². The van der Waals surface area contributed by atoms with Gasteiger partial charge in [0, 0.05) is 33.1 Å². The quantitative estimate of drug-likeness (QED) is 0.725. The number of sulfonamides is 1. The Hall–Kier alpha value is -0.990. The van der Waals surface area contributed by atoms with Crippen LogP contribution in [0.4, 0.5) is 0 Å². The highest BCUT2D eigenvalue weighted by Gasteiger charge is 2.25. The highest BCUT2D eigenvalue weighted by atomic mass is 32.2. The van der Waals surface area contributed by atoms with Crippen LogP contribution in [0, 0.1) is 5.92 Å². The van der Waals surface area contributed by atoms with Gasteiger partial charge >= 0.3 is 0 Å². The first kappa shape index (κ1) is 15.4. The van der Waals surface area contributed by atoms with Crippen LogP contribution < -0.4 is 5.32 Å². The van der Waals surface area contributed by atoms with E-state index in [1.54, 1.807) is 15.3 Å². The molecule has 0 bridgehead atoms. The SMILES string of the molecule is Cn1cnc(CCNCC2CCCN(S(C)(=O)=O)C2)n1. The smallest absolute Gasteiger partial charge is 0.211 e. The van der Waals surface area contributed by atoms with Gasteiger partial charge < -0.3 is 5.32 Å². The van der Waals surface area contributed by atoms with Crippen molar-refractivity contribution in [1.29, 1.82) is 0 Å². The first-order valence-electron chi connectivity index (χ1n) is 6.95. The van der Waals surface area contributed by atoms with E-state index in [4.69, 9.17) is 0 Å². The molecular weight excluding hydrogens is 278 g/mol. The molecule has 1 unspecified atom stereocenters. The van der Waals surface area contributed by atoms with E-state index in [-0.39, 0.29) is 0 Å². The van der Waals surface area contributed by atoms with Gasteiger partial charge in [0.15, 0.2) is 5.82 Å². The van der Waals surface area contributed by atoms with Crippen molar-refractivity contribution in [2.45, 2.75) is 19.3 Å². The van der Waals surface area contributed by atoms with Crippen molar-refractivity contribution in [2.75, 3.05) is 32.4 Å². The summed E-state index contributed by atoms with van der Waals surface area (Å²) in [6, 6.07) is 0. The molecule has 1 N–H and O–H groups in total. The fraction of sp³-hybridized carbons (Fsp3) is 0.833. The molecule has 1 saturated heterocycles. The second kappa shape index (κ2) is 6.64. The van der Waals surface area contributed by atoms with Crippen LogP contribution in [0.1, 0.15) is 18.7 Å². The fourth-order valence-electron chi connectivity index (χ4n) is 2.50. The van der Waals surface area contributed by atoms with Crippen LogP contribution in [0.15, 0.2) is 6.33 Å². The number of piperidine rings is 1. The van der Waals surface area contributed by atoms with E-state index in [0.29, 0.717) is 19.0 Å². The molecule has 114 valence electrons. The van der Waals surface area contributed by atoms with Crippen molar-refractivity contribution in [3.05, 3.63) is 12.2 Å². The third kappa shape index (κ3) is 4.53. The molecule has 0 aliphatic carbocycles. The molecule has 1 fully saturated rings. The lowest BCUT2D eigenvalue weighted by molar-refractivity contribution is 0.261. The summed E-state index contributed by atoms with van der Waals surface area (Å²) in [6.45, 7) is 2.96. The minimum absolute atomic E-state index is 0.398. The molecule has 1 aliphatic heterocycles. The van der Waals surface area contributed by atoms with Crippen molar-refractivity contribution in [2.24, 2.45) is 13.0 Å². The molecule has 0 radical (unpaired) electrons. The summed E-state index contributed by atoms with van der Waals surface area (Å²) in [7, 11) is -1.19. The summed E-state index contributed by atoms with van der Waals surface area (Å²) in [5, 5.41) is 7.59. The molecule has 0 aromatic carbocycles. The molecular formula is C12H23N5O2S. The second-order valence-electron chi connectivity index (χ2n) is 5.42. The van der Waals surface area contributed by atoms with E-state index >= 15 is 0 Å². The van der Waals surface area contributed by atoms with E-state index in [1.807, 2.05) is 7.05 Å². The highest BCUT2D eigenvalue weighted by Crippen LogP contribution is 2.17. The number of hydrogen-bond acceptors (Lipinski definition) is 5. The van der Waals surface area contributed by atoms with Gasteiger partial charge in [-0.1, -0.05) is 0 Å². The number of nitrogens with zero attached hydrogens (tertiary/aromatic N) is 4. The molecule has 2 heterocycles. The van der Waals surface area contributed by atoms with Crippen LogP contribution in [0.25, 0.3) is 0 Å². The lowest BCUT2D eigenvalue weighted by Gasteiger charge is -2.31. The van der Waals surface area contributed by atoms with Gasteiger partial charge in [-0.05, 0) is 25.3 Å². The van der Waals surface area contributed by atoms with E-state index in [9.17, 15) is 8.42 Å². The van der Waals surface area contributed by atoms with E-state index < -0.39 is 10.0 Å². The summed E-state index contributed by atoms with van der Waals surface area (Å²) in [6.07, 6.45) is 5.81. The zero-order chi connectivity index (χ0) is 14.6. The van der Waals surface area contributed by atoms with Crippen LogP contribution >= 0.6 is 0 Å². The van der Waals surface area contributed by atoms with Gasteiger partial charge in [0.1, 0.15) is 6.33 Å². The Balaban J connectivity index is 1.69. The lowest BCUT2D eigenvalue weighted by atomic mass is 10.00. The van der Waals surface area contributed by atoms with Crippen LogP contribution in [-0.2, 0) is 23.5 Å². The third-order valence-electron chi connectivity index (χ3n) is 3.56. The first-order valence-corrected chi connectivity index (χ1v) is 8.80. The van der Waals surface area contributed by atoms with Crippen molar-refractivity contribution < 1.29 is 8.42 Å². The zero-order valence-corrected chi connectivity index (χ0v) is 12.9. The largest absolute Gasteiger partial charge is 0.316 e. The van der Waals surface area contributed by atoms with Crippen LogP contribution in [-0.4, -0.2) is 59.9 Å². The summed E-state index contributed by atoms with van der Waals surface area (Å²) in [4.78, 5) is 4.17. The molecule has 1 atom stereocenters. The van der Waals surface area contributed by atoms with E-state index in [1.165, 1.54) is 6.26 Å². The van der Waals surface area contributed by atoms with Crippen LogP contribution in [0.2, 0.25) is 0 Å². The predicted molar refractivity (Wildman–Crippen MR) is 76.7 cm³/mol. The monoisotopic (exact) mass is 301 g/mol. The molecule has 2 rings (SSSR count). The molecule has 8 heteroatoms. The molecule has 20 heavy (non-hydrogen) atoms. The minimum atomic E-state index is -3.05. The van der Waals surface area contributed by atoms with Gasteiger partial charge in [-0.3, -0.25) is 4.68 Å². The number of aromatic nitrogens is 3.